The van der Waals surface area contributed by atoms with Gasteiger partial charge in [0.05, 0.1) is 17.6 Å². The number of methoxy groups -OCH3 is 1. The molecule has 1 amide bonds. The lowest BCUT2D eigenvalue weighted by atomic mass is 10.1. The van der Waals surface area contributed by atoms with Crippen molar-refractivity contribution < 1.29 is 9.53 Å². The van der Waals surface area contributed by atoms with Crippen LogP contribution in [0, 0.1) is 0 Å². The monoisotopic (exact) mass is 362 g/mol. The number of ether oxygens (including phenoxy) is 1. The second-order valence-electron chi connectivity index (χ2n) is 6.66. The maximum Gasteiger partial charge on any atom is 0.256 e. The molecule has 1 aromatic heterocycles. The van der Waals surface area contributed by atoms with Crippen molar-refractivity contribution in [3.05, 3.63) is 59.7 Å². The zero-order chi connectivity index (χ0) is 18.6. The van der Waals surface area contributed by atoms with Gasteiger partial charge in [-0.1, -0.05) is 24.3 Å². The number of anilines is 2. The van der Waals surface area contributed by atoms with Crippen molar-refractivity contribution in [2.24, 2.45) is 0 Å². The predicted molar refractivity (Wildman–Crippen MR) is 106 cm³/mol. The van der Waals surface area contributed by atoms with Crippen LogP contribution < -0.4 is 10.2 Å². The molecule has 0 radical (unpaired) electrons. The van der Waals surface area contributed by atoms with E-state index in [0.717, 1.165) is 48.3 Å². The summed E-state index contributed by atoms with van der Waals surface area (Å²) in [5, 5.41) is 2.96. The summed E-state index contributed by atoms with van der Waals surface area (Å²) in [5.41, 5.74) is 3.21. The van der Waals surface area contributed by atoms with Crippen LogP contribution in [0.4, 0.5) is 11.6 Å². The van der Waals surface area contributed by atoms with Crippen molar-refractivity contribution in [2.75, 3.05) is 30.4 Å². The highest BCUT2D eigenvalue weighted by Gasteiger charge is 2.21. The van der Waals surface area contributed by atoms with E-state index in [0.29, 0.717) is 18.0 Å². The third-order valence-electron chi connectivity index (χ3n) is 4.72. The fourth-order valence-electron chi connectivity index (χ4n) is 3.32. The van der Waals surface area contributed by atoms with Crippen molar-refractivity contribution in [3.8, 4) is 0 Å². The molecule has 138 valence electrons. The first-order chi connectivity index (χ1) is 13.2. The van der Waals surface area contributed by atoms with Gasteiger partial charge in [-0.25, -0.2) is 9.97 Å². The molecule has 0 saturated carbocycles. The number of carbonyl (C=O) groups excluding carboxylic acids is 1. The minimum absolute atomic E-state index is 0.191. The average molecular weight is 362 g/mol. The van der Waals surface area contributed by atoms with Crippen LogP contribution in [0.15, 0.2) is 48.5 Å². The second kappa shape index (κ2) is 7.72. The number of hydrogen-bond acceptors (Lipinski definition) is 5. The van der Waals surface area contributed by atoms with Crippen molar-refractivity contribution in [3.63, 3.8) is 0 Å². The maximum atomic E-state index is 12.8. The first kappa shape index (κ1) is 17.4. The van der Waals surface area contributed by atoms with Gasteiger partial charge in [-0.15, -0.1) is 0 Å². The number of hydrogen-bond donors (Lipinski definition) is 1. The third kappa shape index (κ3) is 3.75. The lowest BCUT2D eigenvalue weighted by molar-refractivity contribution is 0.102. The molecule has 2 aromatic carbocycles. The van der Waals surface area contributed by atoms with E-state index in [1.807, 2.05) is 36.4 Å². The fraction of sp³-hybridized carbons (Fsp3) is 0.286. The largest absolute Gasteiger partial charge is 0.380 e. The van der Waals surface area contributed by atoms with Gasteiger partial charge in [-0.3, -0.25) is 4.79 Å². The predicted octanol–water partition coefficient (Wildman–Crippen LogP) is 3.63. The van der Waals surface area contributed by atoms with Crippen LogP contribution in [0.25, 0.3) is 11.0 Å². The first-order valence-electron chi connectivity index (χ1n) is 9.15. The zero-order valence-electron chi connectivity index (χ0n) is 15.3. The summed E-state index contributed by atoms with van der Waals surface area (Å²) in [6.45, 7) is 2.39. The van der Waals surface area contributed by atoms with Gasteiger partial charge in [-0.2, -0.15) is 0 Å². The summed E-state index contributed by atoms with van der Waals surface area (Å²) >= 11 is 0. The fourth-order valence-corrected chi connectivity index (χ4v) is 3.32. The van der Waals surface area contributed by atoms with E-state index in [1.165, 1.54) is 0 Å². The lowest BCUT2D eigenvalue weighted by Gasteiger charge is -2.20. The summed E-state index contributed by atoms with van der Waals surface area (Å²) in [6.07, 6.45) is 2.26. The molecule has 0 bridgehead atoms. The Bertz CT molecular complexity index is 950. The number of aromatic nitrogens is 2. The normalized spacial score (nSPS) is 13.9. The molecular weight excluding hydrogens is 340 g/mol. The first-order valence-corrected chi connectivity index (χ1v) is 9.15. The van der Waals surface area contributed by atoms with Crippen LogP contribution in [-0.2, 0) is 11.3 Å². The number of benzene rings is 2. The Hall–Kier alpha value is -2.99. The summed E-state index contributed by atoms with van der Waals surface area (Å²) < 4.78 is 5.11. The summed E-state index contributed by atoms with van der Waals surface area (Å²) in [4.78, 5) is 24.4. The Kier molecular flexibility index (Phi) is 4.98. The molecular formula is C21H22N4O2. The summed E-state index contributed by atoms with van der Waals surface area (Å²) in [7, 11) is 1.65. The molecule has 1 N–H and O–H groups in total. The SMILES string of the molecule is COCc1ccc(C(=O)Nc2nc3ccccc3nc2N2CCCC2)cc1. The van der Waals surface area contributed by atoms with Crippen LogP contribution in [0.2, 0.25) is 0 Å². The molecule has 0 atom stereocenters. The molecule has 6 heteroatoms. The molecule has 1 aliphatic heterocycles. The van der Waals surface area contributed by atoms with E-state index in [1.54, 1.807) is 19.2 Å². The van der Waals surface area contributed by atoms with E-state index in [2.05, 4.69) is 15.2 Å². The van der Waals surface area contributed by atoms with E-state index >= 15 is 0 Å². The van der Waals surface area contributed by atoms with Crippen LogP contribution in [-0.4, -0.2) is 36.1 Å². The maximum absolute atomic E-state index is 12.8. The molecule has 0 spiro atoms. The zero-order valence-corrected chi connectivity index (χ0v) is 15.3. The molecule has 3 aromatic rings. The number of nitrogens with one attached hydrogen (secondary N) is 1. The molecule has 2 heterocycles. The van der Waals surface area contributed by atoms with Crippen LogP contribution in [0.5, 0.6) is 0 Å². The Labute approximate surface area is 158 Å². The Morgan fingerprint density at radius 2 is 1.70 bits per heavy atom. The molecule has 1 fully saturated rings. The van der Waals surface area contributed by atoms with Crippen LogP contribution >= 0.6 is 0 Å². The van der Waals surface area contributed by atoms with Gasteiger partial charge in [0.1, 0.15) is 0 Å². The van der Waals surface area contributed by atoms with E-state index in [9.17, 15) is 4.79 Å². The number of para-hydroxylation sites is 2. The number of amides is 1. The average Bonchev–Trinajstić information content (AvgIpc) is 3.23. The molecule has 27 heavy (non-hydrogen) atoms. The minimum Gasteiger partial charge on any atom is -0.380 e. The topological polar surface area (TPSA) is 67.3 Å². The van der Waals surface area contributed by atoms with Crippen molar-refractivity contribution in [2.45, 2.75) is 19.4 Å². The summed E-state index contributed by atoms with van der Waals surface area (Å²) in [5.74, 6) is 1.07. The third-order valence-corrected chi connectivity index (χ3v) is 4.72. The molecule has 0 aliphatic carbocycles. The molecule has 0 unspecified atom stereocenters. The van der Waals surface area contributed by atoms with Crippen LogP contribution in [0.1, 0.15) is 28.8 Å². The van der Waals surface area contributed by atoms with E-state index in [-0.39, 0.29) is 5.91 Å². The highest BCUT2D eigenvalue weighted by molar-refractivity contribution is 6.05. The molecule has 1 saturated heterocycles. The van der Waals surface area contributed by atoms with Crippen molar-refractivity contribution >= 4 is 28.6 Å². The van der Waals surface area contributed by atoms with Gasteiger partial charge in [0.15, 0.2) is 11.6 Å². The quantitative estimate of drug-likeness (QED) is 0.751. The number of rotatable bonds is 5. The smallest absolute Gasteiger partial charge is 0.256 e. The number of nitrogens with zero attached hydrogens (tertiary/aromatic N) is 3. The van der Waals surface area contributed by atoms with Gasteiger partial charge < -0.3 is 15.0 Å². The van der Waals surface area contributed by atoms with E-state index in [4.69, 9.17) is 9.72 Å². The van der Waals surface area contributed by atoms with Gasteiger partial charge in [-0.05, 0) is 42.7 Å². The van der Waals surface area contributed by atoms with Gasteiger partial charge in [0, 0.05) is 25.8 Å². The lowest BCUT2D eigenvalue weighted by Crippen LogP contribution is -2.23. The standard InChI is InChI=1S/C21H22N4O2/c1-27-14-15-8-10-16(11-9-15)21(26)24-19-20(25-12-4-5-13-25)23-18-7-3-2-6-17(18)22-19/h2-3,6-11H,4-5,12-14H2,1H3,(H,22,24,26). The highest BCUT2D eigenvalue weighted by atomic mass is 16.5. The number of fused-ring (bicyclic) bond motifs is 1. The minimum atomic E-state index is -0.191. The van der Waals surface area contributed by atoms with Crippen molar-refractivity contribution in [1.82, 2.24) is 9.97 Å². The molecule has 6 nitrogen and oxygen atoms in total. The second-order valence-corrected chi connectivity index (χ2v) is 6.66. The molecule has 4 rings (SSSR count). The Morgan fingerprint density at radius 3 is 2.37 bits per heavy atom. The van der Waals surface area contributed by atoms with Crippen LogP contribution in [0.3, 0.4) is 0 Å². The Balaban J connectivity index is 1.65. The summed E-state index contributed by atoms with van der Waals surface area (Å²) in [6, 6.07) is 15.1. The van der Waals surface area contributed by atoms with Gasteiger partial charge in [0.25, 0.3) is 5.91 Å². The van der Waals surface area contributed by atoms with Gasteiger partial charge >= 0.3 is 0 Å². The highest BCUT2D eigenvalue weighted by Crippen LogP contribution is 2.28. The molecule has 1 aliphatic rings. The van der Waals surface area contributed by atoms with Crippen molar-refractivity contribution in [1.29, 1.82) is 0 Å². The Morgan fingerprint density at radius 1 is 1.04 bits per heavy atom. The van der Waals surface area contributed by atoms with Gasteiger partial charge in [0.2, 0.25) is 0 Å². The number of carbonyl (C=O) groups is 1. The van der Waals surface area contributed by atoms with E-state index < -0.39 is 0 Å².